The zero-order chi connectivity index (χ0) is 16.2. The standard InChI is InChI=1S/C14H18N6O3/c1-22-12-4-2-9(6-11(12)20-8-16-18-19-20)17-14(21)13-5-3-10(7-15)23-13/h2,4,6,8,10,13H,3,5,7,15H2,1H3,(H,17,21)/t10-,13+/m1/s1. The van der Waals surface area contributed by atoms with E-state index in [1.807, 2.05) is 0 Å². The zero-order valence-electron chi connectivity index (χ0n) is 12.7. The normalized spacial score (nSPS) is 20.4. The number of benzene rings is 1. The summed E-state index contributed by atoms with van der Waals surface area (Å²) in [5.41, 5.74) is 6.80. The van der Waals surface area contributed by atoms with E-state index in [0.29, 0.717) is 30.1 Å². The number of nitrogens with zero attached hydrogens (tertiary/aromatic N) is 4. The summed E-state index contributed by atoms with van der Waals surface area (Å²) in [7, 11) is 1.56. The van der Waals surface area contributed by atoms with Crippen LogP contribution in [-0.2, 0) is 9.53 Å². The fraction of sp³-hybridized carbons (Fsp3) is 0.429. The molecule has 0 aliphatic carbocycles. The number of tetrazole rings is 1. The second kappa shape index (κ2) is 6.71. The molecule has 1 fully saturated rings. The van der Waals surface area contributed by atoms with Gasteiger partial charge in [0.1, 0.15) is 23.9 Å². The van der Waals surface area contributed by atoms with E-state index in [-0.39, 0.29) is 12.0 Å². The van der Waals surface area contributed by atoms with Crippen LogP contribution in [0.5, 0.6) is 5.75 Å². The molecule has 1 aliphatic heterocycles. The van der Waals surface area contributed by atoms with Gasteiger partial charge >= 0.3 is 0 Å². The van der Waals surface area contributed by atoms with E-state index in [4.69, 9.17) is 15.2 Å². The molecule has 0 bridgehead atoms. The number of amides is 1. The Morgan fingerprint density at radius 2 is 2.39 bits per heavy atom. The maximum atomic E-state index is 12.3. The molecule has 3 rings (SSSR count). The van der Waals surface area contributed by atoms with Gasteiger partial charge in [0.25, 0.3) is 5.91 Å². The fourth-order valence-corrected chi connectivity index (χ4v) is 2.51. The highest BCUT2D eigenvalue weighted by Gasteiger charge is 2.29. The van der Waals surface area contributed by atoms with Crippen molar-refractivity contribution >= 4 is 11.6 Å². The Labute approximate surface area is 132 Å². The number of nitrogens with two attached hydrogens (primary N) is 1. The van der Waals surface area contributed by atoms with Crippen LogP contribution in [0.25, 0.3) is 5.69 Å². The molecule has 122 valence electrons. The minimum absolute atomic E-state index is 0.0431. The summed E-state index contributed by atoms with van der Waals surface area (Å²) in [5, 5.41) is 13.9. The molecule has 9 nitrogen and oxygen atoms in total. The molecule has 0 saturated carbocycles. The van der Waals surface area contributed by atoms with E-state index in [1.54, 1.807) is 25.3 Å². The highest BCUT2D eigenvalue weighted by atomic mass is 16.5. The lowest BCUT2D eigenvalue weighted by Gasteiger charge is -2.14. The van der Waals surface area contributed by atoms with E-state index >= 15 is 0 Å². The van der Waals surface area contributed by atoms with Gasteiger partial charge in [0, 0.05) is 12.2 Å². The number of hydrogen-bond donors (Lipinski definition) is 2. The van der Waals surface area contributed by atoms with Gasteiger partial charge in [-0.15, -0.1) is 5.10 Å². The Kier molecular flexibility index (Phi) is 4.49. The number of ether oxygens (including phenoxy) is 2. The summed E-state index contributed by atoms with van der Waals surface area (Å²) in [5.74, 6) is 0.407. The minimum atomic E-state index is -0.470. The van der Waals surface area contributed by atoms with E-state index in [2.05, 4.69) is 20.8 Å². The third-order valence-corrected chi connectivity index (χ3v) is 3.71. The Balaban J connectivity index is 1.76. The molecule has 0 unspecified atom stereocenters. The largest absolute Gasteiger partial charge is 0.494 e. The van der Waals surface area contributed by atoms with Gasteiger partial charge in [-0.2, -0.15) is 4.68 Å². The van der Waals surface area contributed by atoms with Gasteiger partial charge in [-0.05, 0) is 41.5 Å². The molecule has 1 aliphatic rings. The number of hydrogen-bond acceptors (Lipinski definition) is 7. The Hall–Kier alpha value is -2.52. The predicted molar refractivity (Wildman–Crippen MR) is 81.3 cm³/mol. The van der Waals surface area contributed by atoms with Gasteiger partial charge in [0.15, 0.2) is 0 Å². The average molecular weight is 318 g/mol. The summed E-state index contributed by atoms with van der Waals surface area (Å²) in [4.78, 5) is 12.3. The maximum absolute atomic E-state index is 12.3. The van der Waals surface area contributed by atoms with Crippen LogP contribution in [0.4, 0.5) is 5.69 Å². The van der Waals surface area contributed by atoms with Gasteiger partial charge in [-0.25, -0.2) is 0 Å². The molecule has 1 aromatic carbocycles. The van der Waals surface area contributed by atoms with Crippen molar-refractivity contribution < 1.29 is 14.3 Å². The molecule has 1 amide bonds. The second-order valence-electron chi connectivity index (χ2n) is 5.19. The highest BCUT2D eigenvalue weighted by Crippen LogP contribution is 2.26. The minimum Gasteiger partial charge on any atom is -0.494 e. The molecular weight excluding hydrogens is 300 g/mol. The molecule has 2 heterocycles. The number of carbonyl (C=O) groups is 1. The average Bonchev–Trinajstić information content (AvgIpc) is 3.26. The molecule has 0 radical (unpaired) electrons. The number of carbonyl (C=O) groups excluding carboxylic acids is 1. The predicted octanol–water partition coefficient (Wildman–Crippen LogP) is 0.116. The fourth-order valence-electron chi connectivity index (χ4n) is 2.51. The summed E-state index contributed by atoms with van der Waals surface area (Å²) in [6, 6.07) is 5.23. The van der Waals surface area contributed by atoms with Crippen molar-refractivity contribution in [1.82, 2.24) is 20.2 Å². The van der Waals surface area contributed by atoms with Crippen LogP contribution in [0, 0.1) is 0 Å². The molecule has 9 heteroatoms. The van der Waals surface area contributed by atoms with Crippen LogP contribution in [-0.4, -0.2) is 52.0 Å². The van der Waals surface area contributed by atoms with Gasteiger partial charge < -0.3 is 20.5 Å². The van der Waals surface area contributed by atoms with Crippen LogP contribution in [0.3, 0.4) is 0 Å². The van der Waals surface area contributed by atoms with Gasteiger partial charge in [0.2, 0.25) is 0 Å². The third-order valence-electron chi connectivity index (χ3n) is 3.71. The Bertz CT molecular complexity index is 675. The first-order chi connectivity index (χ1) is 11.2. The Morgan fingerprint density at radius 1 is 1.52 bits per heavy atom. The summed E-state index contributed by atoms with van der Waals surface area (Å²) >= 11 is 0. The topological polar surface area (TPSA) is 117 Å². The van der Waals surface area contributed by atoms with E-state index in [1.165, 1.54) is 11.0 Å². The van der Waals surface area contributed by atoms with Crippen molar-refractivity contribution in [3.05, 3.63) is 24.5 Å². The Morgan fingerprint density at radius 3 is 3.04 bits per heavy atom. The zero-order valence-corrected chi connectivity index (χ0v) is 12.7. The van der Waals surface area contributed by atoms with Crippen molar-refractivity contribution in [1.29, 1.82) is 0 Å². The number of rotatable bonds is 5. The lowest BCUT2D eigenvalue weighted by Crippen LogP contribution is -2.29. The third kappa shape index (κ3) is 3.30. The maximum Gasteiger partial charge on any atom is 0.253 e. The smallest absolute Gasteiger partial charge is 0.253 e. The van der Waals surface area contributed by atoms with Gasteiger partial charge in [-0.1, -0.05) is 0 Å². The SMILES string of the molecule is COc1ccc(NC(=O)[C@@H]2CC[C@H](CN)O2)cc1-n1cnnn1. The van der Waals surface area contributed by atoms with Gasteiger partial charge in [0.05, 0.1) is 13.2 Å². The van der Waals surface area contributed by atoms with Crippen LogP contribution in [0.1, 0.15) is 12.8 Å². The van der Waals surface area contributed by atoms with Crippen LogP contribution >= 0.6 is 0 Å². The van der Waals surface area contributed by atoms with Crippen molar-refractivity contribution in [2.75, 3.05) is 19.0 Å². The van der Waals surface area contributed by atoms with E-state index < -0.39 is 6.10 Å². The molecule has 2 aromatic rings. The van der Waals surface area contributed by atoms with Crippen LogP contribution in [0.15, 0.2) is 24.5 Å². The second-order valence-corrected chi connectivity index (χ2v) is 5.19. The summed E-state index contributed by atoms with van der Waals surface area (Å²) in [6.07, 6.45) is 2.41. The number of nitrogens with one attached hydrogen (secondary N) is 1. The molecule has 3 N–H and O–H groups in total. The number of anilines is 1. The number of methoxy groups -OCH3 is 1. The first kappa shape index (κ1) is 15.4. The molecule has 1 saturated heterocycles. The lowest BCUT2D eigenvalue weighted by atomic mass is 10.2. The monoisotopic (exact) mass is 318 g/mol. The lowest BCUT2D eigenvalue weighted by molar-refractivity contribution is -0.126. The summed E-state index contributed by atoms with van der Waals surface area (Å²) in [6.45, 7) is 0.426. The van der Waals surface area contributed by atoms with Crippen LogP contribution in [0.2, 0.25) is 0 Å². The number of aromatic nitrogens is 4. The van der Waals surface area contributed by atoms with Crippen molar-refractivity contribution in [3.8, 4) is 11.4 Å². The van der Waals surface area contributed by atoms with Crippen LogP contribution < -0.4 is 15.8 Å². The highest BCUT2D eigenvalue weighted by molar-refractivity contribution is 5.94. The van der Waals surface area contributed by atoms with E-state index in [0.717, 1.165) is 6.42 Å². The van der Waals surface area contributed by atoms with E-state index in [9.17, 15) is 4.79 Å². The van der Waals surface area contributed by atoms with Crippen molar-refractivity contribution in [2.45, 2.75) is 25.0 Å². The molecule has 23 heavy (non-hydrogen) atoms. The molecular formula is C14H18N6O3. The quantitative estimate of drug-likeness (QED) is 0.803. The summed E-state index contributed by atoms with van der Waals surface area (Å²) < 4.78 is 12.3. The molecule has 0 spiro atoms. The molecule has 1 aromatic heterocycles. The first-order valence-corrected chi connectivity index (χ1v) is 7.29. The van der Waals surface area contributed by atoms with Crippen molar-refractivity contribution in [3.63, 3.8) is 0 Å². The van der Waals surface area contributed by atoms with Crippen molar-refractivity contribution in [2.24, 2.45) is 5.73 Å². The molecule has 2 atom stereocenters. The van der Waals surface area contributed by atoms with Gasteiger partial charge in [-0.3, -0.25) is 4.79 Å². The first-order valence-electron chi connectivity index (χ1n) is 7.29.